The van der Waals surface area contributed by atoms with Gasteiger partial charge >= 0.3 is 189 Å². The molecule has 1 atom stereocenters. The number of benzene rings is 3. The summed E-state index contributed by atoms with van der Waals surface area (Å²) in [6.07, 6.45) is 3.50. The van der Waals surface area contributed by atoms with Gasteiger partial charge in [-0.2, -0.15) is 0 Å². The van der Waals surface area contributed by atoms with Gasteiger partial charge in [0.05, 0.1) is 0 Å². The Morgan fingerprint density at radius 3 is 2.12 bits per heavy atom. The molecule has 2 aliphatic carbocycles. The summed E-state index contributed by atoms with van der Waals surface area (Å²) < 4.78 is 11.3. The predicted octanol–water partition coefficient (Wildman–Crippen LogP) is 7.48. The van der Waals surface area contributed by atoms with E-state index < -0.39 is 18.3 Å². The summed E-state index contributed by atoms with van der Waals surface area (Å²) >= 11 is -4.13. The number of hydrogen-bond donors (Lipinski definition) is 0. The van der Waals surface area contributed by atoms with Gasteiger partial charge in [-0.05, 0) is 0 Å². The van der Waals surface area contributed by atoms with Crippen LogP contribution in [-0.2, 0) is 24.7 Å². The Labute approximate surface area is 212 Å². The van der Waals surface area contributed by atoms with Crippen molar-refractivity contribution in [3.63, 3.8) is 0 Å². The molecule has 0 nitrogen and oxygen atoms in total. The summed E-state index contributed by atoms with van der Waals surface area (Å²) in [7, 11) is 0. The van der Waals surface area contributed by atoms with Crippen LogP contribution in [-0.4, -0.2) is 4.21 Å². The van der Waals surface area contributed by atoms with Gasteiger partial charge in [0.15, 0.2) is 0 Å². The van der Waals surface area contributed by atoms with E-state index in [2.05, 4.69) is 107 Å². The van der Waals surface area contributed by atoms with E-state index in [4.69, 9.17) is 4.21 Å². The van der Waals surface area contributed by atoms with Gasteiger partial charge < -0.3 is 0 Å². The first-order valence-electron chi connectivity index (χ1n) is 11.6. The van der Waals surface area contributed by atoms with Crippen molar-refractivity contribution in [1.82, 2.24) is 0 Å². The molecule has 0 aliphatic heterocycles. The molecule has 0 saturated heterocycles. The zero-order chi connectivity index (χ0) is 21.8. The van der Waals surface area contributed by atoms with Crippen LogP contribution in [0.25, 0.3) is 11.1 Å². The van der Waals surface area contributed by atoms with Crippen LogP contribution in [0.3, 0.4) is 0 Å². The summed E-state index contributed by atoms with van der Waals surface area (Å²) in [4.78, 5) is 0. The zero-order valence-corrected chi connectivity index (χ0v) is 24.1. The second-order valence-electron chi connectivity index (χ2n) is 9.75. The Kier molecular flexibility index (Phi) is 7.32. The molecule has 2 aliphatic rings. The van der Waals surface area contributed by atoms with Crippen LogP contribution >= 0.6 is 24.8 Å². The quantitative estimate of drug-likeness (QED) is 0.244. The first-order valence-corrected chi connectivity index (χ1v) is 18.8. The van der Waals surface area contributed by atoms with Crippen molar-refractivity contribution in [3.8, 4) is 11.1 Å². The van der Waals surface area contributed by atoms with E-state index in [0.717, 1.165) is 10.5 Å². The first-order chi connectivity index (χ1) is 14.9. The fraction of sp³-hybridized carbons (Fsp3) is 0.233. The molecule has 0 spiro atoms. The van der Waals surface area contributed by atoms with Gasteiger partial charge in [-0.3, -0.25) is 0 Å². The maximum absolute atomic E-state index is 5.44. The third-order valence-corrected chi connectivity index (χ3v) is 26.0. The normalized spacial score (nSPS) is 17.0. The molecule has 172 valence electrons. The van der Waals surface area contributed by atoms with Crippen LogP contribution in [0, 0.1) is 5.92 Å². The van der Waals surface area contributed by atoms with Gasteiger partial charge in [0, 0.05) is 0 Å². The predicted molar refractivity (Wildman–Crippen MR) is 148 cm³/mol. The van der Waals surface area contributed by atoms with E-state index >= 15 is 0 Å². The Bertz CT molecular complexity index is 1330. The molecule has 0 radical (unpaired) electrons. The van der Waals surface area contributed by atoms with Crippen LogP contribution in [0.5, 0.6) is 0 Å². The van der Waals surface area contributed by atoms with E-state index in [9.17, 15) is 0 Å². The number of hydrogen-bond acceptors (Lipinski definition) is 0. The Hall–Kier alpha value is -1.53. The van der Waals surface area contributed by atoms with Crippen molar-refractivity contribution in [2.24, 2.45) is 5.92 Å². The topological polar surface area (TPSA) is 0 Å². The Balaban J connectivity index is 0.00000153. The van der Waals surface area contributed by atoms with Crippen molar-refractivity contribution < 1.29 is 18.3 Å². The Morgan fingerprint density at radius 2 is 1.48 bits per heavy atom. The number of halogens is 2. The molecule has 0 saturated carbocycles. The van der Waals surface area contributed by atoms with Gasteiger partial charge in [0.25, 0.3) is 0 Å². The number of rotatable bonds is 4. The van der Waals surface area contributed by atoms with Gasteiger partial charge in [-0.1, -0.05) is 0 Å². The summed E-state index contributed by atoms with van der Waals surface area (Å²) in [5, 5.41) is 0. The molecule has 0 N–H and O–H groups in total. The van der Waals surface area contributed by atoms with Crippen molar-refractivity contribution in [2.45, 2.75) is 38.2 Å². The molecule has 0 amide bonds. The number of allylic oxidation sites excluding steroid dienone is 4. The van der Waals surface area contributed by atoms with Gasteiger partial charge in [-0.25, -0.2) is 0 Å². The monoisotopic (exact) mass is 554 g/mol. The second-order valence-corrected chi connectivity index (χ2v) is 23.8. The molecule has 0 bridgehead atoms. The third kappa shape index (κ3) is 3.55. The fourth-order valence-corrected chi connectivity index (χ4v) is 23.5. The molecule has 33 heavy (non-hydrogen) atoms. The minimum atomic E-state index is -4.13. The molecule has 3 aromatic rings. The van der Waals surface area contributed by atoms with Crippen LogP contribution < -0.4 is 6.54 Å². The SMILES string of the molecule is Cl.Cl.[CH2]=[Zr]([CH2]C)([C]1=C(C)C(C)=CC1C)([c]1ccccc1)[c]1cccc2c1Cc1ccccc1-2. The first kappa shape index (κ1) is 26.1. The molecule has 0 aromatic heterocycles. The molecule has 0 fully saturated rings. The number of fused-ring (bicyclic) bond motifs is 3. The van der Waals surface area contributed by atoms with Crippen LogP contribution in [0.2, 0.25) is 4.13 Å². The second kappa shape index (κ2) is 9.26. The van der Waals surface area contributed by atoms with E-state index in [0.29, 0.717) is 5.92 Å². The van der Waals surface area contributed by atoms with Gasteiger partial charge in [-0.15, -0.1) is 24.8 Å². The summed E-state index contributed by atoms with van der Waals surface area (Å²) in [5.41, 5.74) is 8.75. The summed E-state index contributed by atoms with van der Waals surface area (Å²) in [6.45, 7) is 9.43. The molecule has 1 unspecified atom stereocenters. The molecule has 0 heterocycles. The molecule has 3 aromatic carbocycles. The maximum atomic E-state index is 5.44. The summed E-state index contributed by atoms with van der Waals surface area (Å²) in [5.74, 6) is 0.447. The average Bonchev–Trinajstić information content (AvgIpc) is 3.30. The van der Waals surface area contributed by atoms with E-state index in [1.54, 1.807) is 6.55 Å². The van der Waals surface area contributed by atoms with Crippen LogP contribution in [0.15, 0.2) is 93.3 Å². The van der Waals surface area contributed by atoms with Crippen LogP contribution in [0.4, 0.5) is 0 Å². The van der Waals surface area contributed by atoms with Crippen molar-refractivity contribution in [2.75, 3.05) is 0 Å². The van der Waals surface area contributed by atoms with Gasteiger partial charge in [0.1, 0.15) is 0 Å². The molecular formula is C30H34Cl2Zr. The molecule has 5 rings (SSSR count). The van der Waals surface area contributed by atoms with Crippen LogP contribution in [0.1, 0.15) is 38.8 Å². The van der Waals surface area contributed by atoms with E-state index in [1.165, 1.54) is 36.7 Å². The third-order valence-electron chi connectivity index (χ3n) is 8.35. The standard InChI is InChI=1S/C13H9.C8H11.C6H5.C2H5.CH2.2ClH.Zr/c1-3-7-12-10(5-1)9-11-6-2-4-8-13(11)12;1-6-4-7(2)8(3)5-6;1-2-4-6-5-3-1;1-2;;;;/h1-5,7-8H,9H2;4,6H,1-3H3;1-5H;1H2,2H3;1H2;2*1H;. The molecule has 3 heteroatoms. The van der Waals surface area contributed by atoms with Gasteiger partial charge in [0.2, 0.25) is 0 Å². The molecular weight excluding hydrogens is 522 g/mol. The van der Waals surface area contributed by atoms with E-state index in [1.807, 2.05) is 0 Å². The zero-order valence-electron chi connectivity index (χ0n) is 20.0. The van der Waals surface area contributed by atoms with Crippen molar-refractivity contribution in [1.29, 1.82) is 0 Å². The minimum absolute atomic E-state index is 0. The van der Waals surface area contributed by atoms with Crippen molar-refractivity contribution in [3.05, 3.63) is 104 Å². The summed E-state index contributed by atoms with van der Waals surface area (Å²) in [6, 6.07) is 27.4. The average molecular weight is 557 g/mol. The fourth-order valence-electron chi connectivity index (χ4n) is 6.74. The van der Waals surface area contributed by atoms with E-state index in [-0.39, 0.29) is 24.8 Å². The Morgan fingerprint density at radius 1 is 0.848 bits per heavy atom. The van der Waals surface area contributed by atoms with Crippen molar-refractivity contribution >= 4 is 35.6 Å².